The molecule has 0 saturated carbocycles. The molecule has 10 heteroatoms. The van der Waals surface area contributed by atoms with Gasteiger partial charge >= 0.3 is 0 Å². The van der Waals surface area contributed by atoms with Crippen molar-refractivity contribution in [2.75, 3.05) is 18.0 Å². The SMILES string of the molecule is CC[C@@H](C)NC(=O)c1cn(-c2ncc(F)cc2F)c2nc(N3CC(O)C3)ccc2c1=O. The number of amides is 1. The van der Waals surface area contributed by atoms with E-state index in [0.29, 0.717) is 31.4 Å². The molecule has 3 aromatic heterocycles. The summed E-state index contributed by atoms with van der Waals surface area (Å²) in [6.07, 6.45) is 2.21. The van der Waals surface area contributed by atoms with E-state index in [4.69, 9.17) is 0 Å². The molecule has 31 heavy (non-hydrogen) atoms. The molecule has 162 valence electrons. The zero-order valence-electron chi connectivity index (χ0n) is 17.0. The lowest BCUT2D eigenvalue weighted by molar-refractivity contribution is 0.0937. The summed E-state index contributed by atoms with van der Waals surface area (Å²) >= 11 is 0. The van der Waals surface area contributed by atoms with Crippen LogP contribution in [-0.4, -0.2) is 50.8 Å². The molecule has 1 aliphatic heterocycles. The molecule has 0 spiro atoms. The predicted molar refractivity (Wildman–Crippen MR) is 110 cm³/mol. The Labute approximate surface area is 176 Å². The summed E-state index contributed by atoms with van der Waals surface area (Å²) < 4.78 is 29.2. The highest BCUT2D eigenvalue weighted by Crippen LogP contribution is 2.24. The second-order valence-corrected chi connectivity index (χ2v) is 7.58. The molecule has 0 aromatic carbocycles. The molecule has 4 heterocycles. The van der Waals surface area contributed by atoms with Gasteiger partial charge in [0.15, 0.2) is 17.3 Å². The molecule has 0 aliphatic carbocycles. The number of hydrogen-bond donors (Lipinski definition) is 2. The van der Waals surface area contributed by atoms with Crippen molar-refractivity contribution in [2.24, 2.45) is 0 Å². The maximum atomic E-state index is 14.6. The van der Waals surface area contributed by atoms with Crippen molar-refractivity contribution < 1.29 is 18.7 Å². The van der Waals surface area contributed by atoms with Crippen molar-refractivity contribution in [1.29, 1.82) is 0 Å². The van der Waals surface area contributed by atoms with Gasteiger partial charge in [0.2, 0.25) is 5.43 Å². The number of rotatable bonds is 5. The number of nitrogens with one attached hydrogen (secondary N) is 1. The standard InChI is InChI=1S/C21H21F2N5O3/c1-3-11(2)25-21(31)15-10-28(20-16(23)6-12(22)7-24-20)19-14(18(15)30)4-5-17(26-19)27-8-13(29)9-27/h4-7,10-11,13,29H,3,8-9H2,1-2H3,(H,25,31)/t11-/m1/s1. The Morgan fingerprint density at radius 3 is 2.74 bits per heavy atom. The Hall–Kier alpha value is -3.40. The van der Waals surface area contributed by atoms with Gasteiger partial charge in [-0.2, -0.15) is 0 Å². The number of halogens is 2. The molecule has 1 fully saturated rings. The highest BCUT2D eigenvalue weighted by atomic mass is 19.1. The van der Waals surface area contributed by atoms with Crippen LogP contribution in [0.5, 0.6) is 0 Å². The molecule has 1 aliphatic rings. The lowest BCUT2D eigenvalue weighted by atomic mass is 10.1. The van der Waals surface area contributed by atoms with Gasteiger partial charge in [0, 0.05) is 31.4 Å². The van der Waals surface area contributed by atoms with Crippen LogP contribution in [0.4, 0.5) is 14.6 Å². The zero-order valence-corrected chi connectivity index (χ0v) is 17.0. The molecule has 0 unspecified atom stereocenters. The number of fused-ring (bicyclic) bond motifs is 1. The third-order valence-corrected chi connectivity index (χ3v) is 5.27. The third kappa shape index (κ3) is 3.86. The van der Waals surface area contributed by atoms with Gasteiger partial charge in [-0.1, -0.05) is 6.92 Å². The number of nitrogens with zero attached hydrogens (tertiary/aromatic N) is 4. The van der Waals surface area contributed by atoms with Crippen molar-refractivity contribution in [3.8, 4) is 5.82 Å². The molecular formula is C21H21F2N5O3. The highest BCUT2D eigenvalue weighted by Gasteiger charge is 2.27. The molecular weight excluding hydrogens is 408 g/mol. The van der Waals surface area contributed by atoms with Crippen LogP contribution in [0, 0.1) is 11.6 Å². The average Bonchev–Trinajstić information content (AvgIpc) is 2.72. The fourth-order valence-electron chi connectivity index (χ4n) is 3.32. The normalized spacial score (nSPS) is 15.1. The van der Waals surface area contributed by atoms with Crippen LogP contribution in [0.25, 0.3) is 16.9 Å². The minimum atomic E-state index is -0.968. The van der Waals surface area contributed by atoms with E-state index in [0.717, 1.165) is 6.20 Å². The Kier molecular flexibility index (Phi) is 5.40. The molecule has 1 amide bonds. The van der Waals surface area contributed by atoms with Crippen LogP contribution in [0.1, 0.15) is 30.6 Å². The number of pyridine rings is 3. The maximum absolute atomic E-state index is 14.6. The third-order valence-electron chi connectivity index (χ3n) is 5.27. The van der Waals surface area contributed by atoms with Gasteiger partial charge in [-0.3, -0.25) is 14.2 Å². The molecule has 4 rings (SSSR count). The Morgan fingerprint density at radius 2 is 2.10 bits per heavy atom. The van der Waals surface area contributed by atoms with Gasteiger partial charge in [-0.15, -0.1) is 0 Å². The van der Waals surface area contributed by atoms with Gasteiger partial charge < -0.3 is 15.3 Å². The number of carbonyl (C=O) groups excluding carboxylic acids is 1. The molecule has 1 atom stereocenters. The van der Waals surface area contributed by atoms with E-state index in [2.05, 4.69) is 15.3 Å². The number of aromatic nitrogens is 3. The largest absolute Gasteiger partial charge is 0.389 e. The van der Waals surface area contributed by atoms with E-state index in [1.807, 2.05) is 6.92 Å². The van der Waals surface area contributed by atoms with Crippen molar-refractivity contribution in [3.05, 3.63) is 58.0 Å². The fourth-order valence-corrected chi connectivity index (χ4v) is 3.32. The van der Waals surface area contributed by atoms with Crippen LogP contribution in [0.3, 0.4) is 0 Å². The van der Waals surface area contributed by atoms with Crippen LogP contribution >= 0.6 is 0 Å². The number of carbonyl (C=O) groups is 1. The van der Waals surface area contributed by atoms with Gasteiger partial charge in [0.05, 0.1) is 17.7 Å². The van der Waals surface area contributed by atoms with Gasteiger partial charge in [0.1, 0.15) is 17.2 Å². The van der Waals surface area contributed by atoms with Crippen LogP contribution in [0.15, 0.2) is 35.4 Å². The minimum Gasteiger partial charge on any atom is -0.389 e. The van der Waals surface area contributed by atoms with E-state index in [1.165, 1.54) is 16.8 Å². The van der Waals surface area contributed by atoms with Crippen LogP contribution < -0.4 is 15.6 Å². The van der Waals surface area contributed by atoms with Crippen molar-refractivity contribution >= 4 is 22.8 Å². The van der Waals surface area contributed by atoms with Gasteiger partial charge in [-0.05, 0) is 25.5 Å². The van der Waals surface area contributed by atoms with E-state index in [-0.39, 0.29) is 28.5 Å². The second kappa shape index (κ2) is 8.03. The first kappa shape index (κ1) is 20.9. The zero-order chi connectivity index (χ0) is 22.3. The van der Waals surface area contributed by atoms with Gasteiger partial charge in [0.25, 0.3) is 5.91 Å². The quantitative estimate of drug-likeness (QED) is 0.641. The molecule has 3 aromatic rings. The second-order valence-electron chi connectivity index (χ2n) is 7.58. The summed E-state index contributed by atoms with van der Waals surface area (Å²) in [5, 5.41) is 12.4. The molecule has 1 saturated heterocycles. The fraction of sp³-hybridized carbons (Fsp3) is 0.333. The first-order valence-corrected chi connectivity index (χ1v) is 9.90. The highest BCUT2D eigenvalue weighted by molar-refractivity contribution is 5.97. The Bertz CT molecular complexity index is 1220. The molecule has 0 radical (unpaired) electrons. The van der Waals surface area contributed by atoms with Crippen LogP contribution in [0.2, 0.25) is 0 Å². The number of aliphatic hydroxyl groups excluding tert-OH is 1. The average molecular weight is 429 g/mol. The number of aliphatic hydroxyl groups is 1. The smallest absolute Gasteiger partial charge is 0.256 e. The van der Waals surface area contributed by atoms with Crippen molar-refractivity contribution in [2.45, 2.75) is 32.4 Å². The summed E-state index contributed by atoms with van der Waals surface area (Å²) in [4.78, 5) is 35.8. The Morgan fingerprint density at radius 1 is 1.35 bits per heavy atom. The molecule has 0 bridgehead atoms. The van der Waals surface area contributed by atoms with E-state index < -0.39 is 29.1 Å². The summed E-state index contributed by atoms with van der Waals surface area (Å²) in [5.74, 6) is -2.25. The van der Waals surface area contributed by atoms with E-state index in [9.17, 15) is 23.5 Å². The van der Waals surface area contributed by atoms with Crippen molar-refractivity contribution in [3.63, 3.8) is 0 Å². The minimum absolute atomic E-state index is 0.0713. The van der Waals surface area contributed by atoms with E-state index in [1.54, 1.807) is 17.9 Å². The Balaban J connectivity index is 1.93. The first-order chi connectivity index (χ1) is 14.8. The first-order valence-electron chi connectivity index (χ1n) is 9.90. The summed E-state index contributed by atoms with van der Waals surface area (Å²) in [7, 11) is 0. The van der Waals surface area contributed by atoms with Crippen molar-refractivity contribution in [1.82, 2.24) is 19.9 Å². The summed E-state index contributed by atoms with van der Waals surface area (Å²) in [6.45, 7) is 4.44. The topological polar surface area (TPSA) is 100 Å². The van der Waals surface area contributed by atoms with Crippen LogP contribution in [-0.2, 0) is 0 Å². The molecule has 8 nitrogen and oxygen atoms in total. The monoisotopic (exact) mass is 429 g/mol. The summed E-state index contributed by atoms with van der Waals surface area (Å²) in [6, 6.07) is 3.60. The van der Waals surface area contributed by atoms with E-state index >= 15 is 0 Å². The number of anilines is 1. The predicted octanol–water partition coefficient (Wildman–Crippen LogP) is 1.77. The maximum Gasteiger partial charge on any atom is 0.256 e. The lowest BCUT2D eigenvalue weighted by Gasteiger charge is -2.36. The molecule has 2 N–H and O–H groups in total. The van der Waals surface area contributed by atoms with Gasteiger partial charge in [-0.25, -0.2) is 18.7 Å². The number of hydrogen-bond acceptors (Lipinski definition) is 6. The summed E-state index contributed by atoms with van der Waals surface area (Å²) in [5.41, 5.74) is -0.688. The number of β-amino-alcohol motifs (C(OH)–C–C–N with tert-alkyl or cyclic N) is 1. The lowest BCUT2D eigenvalue weighted by Crippen LogP contribution is -2.51.